The molecule has 0 unspecified atom stereocenters. The predicted octanol–water partition coefficient (Wildman–Crippen LogP) is 19.0. The summed E-state index contributed by atoms with van der Waals surface area (Å²) >= 11 is 6.56. The van der Waals surface area contributed by atoms with Crippen LogP contribution in [0.2, 0.25) is 41.3 Å². The Bertz CT molecular complexity index is 6670. The lowest BCUT2D eigenvalue weighted by molar-refractivity contribution is 0.0251. The van der Waals surface area contributed by atoms with Crippen LogP contribution < -0.4 is 34.0 Å². The summed E-state index contributed by atoms with van der Waals surface area (Å²) in [5, 5.41) is 56.8. The second-order valence-electron chi connectivity index (χ2n) is 39.3. The van der Waals surface area contributed by atoms with Crippen molar-refractivity contribution >= 4 is 117 Å². The van der Waals surface area contributed by atoms with Crippen LogP contribution in [0.3, 0.4) is 0 Å². The molecule has 3 amide bonds. The van der Waals surface area contributed by atoms with Crippen LogP contribution in [-0.4, -0.2) is 256 Å². The Morgan fingerprint density at radius 2 is 0.760 bits per heavy atom. The Kier molecular flexibility index (Phi) is 40.7. The van der Waals surface area contributed by atoms with Gasteiger partial charge in [0, 0.05) is 135 Å². The third-order valence-corrected chi connectivity index (χ3v) is 35.6. The van der Waals surface area contributed by atoms with Gasteiger partial charge in [0.25, 0.3) is 17.7 Å². The molecule has 3 N–H and O–H groups in total. The number of aliphatic hydroxyl groups is 1. The van der Waals surface area contributed by atoms with Crippen molar-refractivity contribution in [2.75, 3.05) is 122 Å². The molecule has 3 fully saturated rings. The van der Waals surface area contributed by atoms with Gasteiger partial charge in [0.05, 0.1) is 131 Å². The molecule has 0 saturated carbocycles. The first-order valence-electron chi connectivity index (χ1n) is 48.1. The van der Waals surface area contributed by atoms with Crippen LogP contribution in [0.4, 0.5) is 0 Å². The van der Waals surface area contributed by atoms with E-state index in [4.69, 9.17) is 107 Å². The number of fused-ring (bicyclic) bond motifs is 3. The van der Waals surface area contributed by atoms with Crippen molar-refractivity contribution in [3.63, 3.8) is 0 Å². The number of hydrogen-bond acceptors (Lipinski definition) is 32. The van der Waals surface area contributed by atoms with Gasteiger partial charge in [0.1, 0.15) is 87.4 Å². The first-order valence-corrected chi connectivity index (χ1v) is 54.3. The third-order valence-electron chi connectivity index (χ3n) is 26.1. The van der Waals surface area contributed by atoms with Crippen LogP contribution in [0, 0.1) is 34.0 Å². The molecular formula is C105H131BCl3N15O20Si2. The van der Waals surface area contributed by atoms with Crippen molar-refractivity contribution in [2.24, 2.45) is 0 Å². The maximum Gasteiger partial charge on any atom is 0.508 e. The second-order valence-corrected chi connectivity index (χ2v) is 49.3. The minimum atomic E-state index is -1.93. The van der Waals surface area contributed by atoms with Gasteiger partial charge >= 0.3 is 7.12 Å². The van der Waals surface area contributed by atoms with Gasteiger partial charge in [-0.1, -0.05) is 94.7 Å². The van der Waals surface area contributed by atoms with Crippen LogP contribution in [-0.2, 0) is 23.1 Å². The molecule has 3 saturated heterocycles. The zero-order valence-corrected chi connectivity index (χ0v) is 91.2. The van der Waals surface area contributed by atoms with E-state index in [0.29, 0.717) is 201 Å². The van der Waals surface area contributed by atoms with Gasteiger partial charge in [-0.2, -0.15) is 15.8 Å². The van der Waals surface area contributed by atoms with Gasteiger partial charge in [-0.05, 0) is 125 Å². The highest BCUT2D eigenvalue weighted by molar-refractivity contribution is 6.74. The summed E-state index contributed by atoms with van der Waals surface area (Å²) in [6.45, 7) is 40.1. The fraction of sp³-hybridized carbons (Fsp3) is 0.457. The molecule has 0 aliphatic carbocycles. The molecular weight excluding hydrogens is 1960 g/mol. The summed E-state index contributed by atoms with van der Waals surface area (Å²) in [6, 6.07) is 26.8. The quantitative estimate of drug-likeness (QED) is 0.0340. The monoisotopic (exact) mass is 2090 g/mol. The van der Waals surface area contributed by atoms with E-state index in [2.05, 4.69) is 151 Å². The number of methoxy groups -OCH3 is 3. The van der Waals surface area contributed by atoms with E-state index in [1.165, 1.54) is 57.0 Å². The molecule has 146 heavy (non-hydrogen) atoms. The van der Waals surface area contributed by atoms with Gasteiger partial charge in [-0.3, -0.25) is 29.3 Å². The van der Waals surface area contributed by atoms with E-state index in [1.54, 1.807) is 91.9 Å². The average Bonchev–Trinajstić information content (AvgIpc) is 1.60. The minimum Gasteiger partial charge on any atom is -0.494 e. The van der Waals surface area contributed by atoms with E-state index in [1.807, 2.05) is 24.4 Å². The van der Waals surface area contributed by atoms with Gasteiger partial charge in [-0.15, -0.1) is 24.8 Å². The van der Waals surface area contributed by atoms with E-state index >= 15 is 0 Å². The number of ether oxygens (including phenoxy) is 9. The molecule has 0 aromatic carbocycles. The highest BCUT2D eigenvalue weighted by Gasteiger charge is 2.40. The smallest absolute Gasteiger partial charge is 0.494 e. The number of likely N-dealkylation sites (N-methyl/N-ethyl adjacent to an activating group) is 3. The van der Waals surface area contributed by atoms with Crippen molar-refractivity contribution in [2.45, 2.75) is 194 Å². The zero-order valence-electron chi connectivity index (χ0n) is 86.8. The van der Waals surface area contributed by atoms with Crippen molar-refractivity contribution in [3.05, 3.63) is 165 Å². The molecule has 0 spiro atoms. The zero-order chi connectivity index (χ0) is 104. The number of pyridine rings is 9. The van der Waals surface area contributed by atoms with Crippen molar-refractivity contribution in [1.29, 1.82) is 15.8 Å². The predicted molar refractivity (Wildman–Crippen MR) is 565 cm³/mol. The van der Waals surface area contributed by atoms with Gasteiger partial charge in [0.15, 0.2) is 85.0 Å². The Hall–Kier alpha value is -12.3. The van der Waals surface area contributed by atoms with E-state index < -0.39 is 23.8 Å². The Balaban J connectivity index is 0.000000207. The van der Waals surface area contributed by atoms with Crippen molar-refractivity contribution in [3.8, 4) is 110 Å². The Morgan fingerprint density at radius 3 is 1.07 bits per heavy atom. The molecule has 35 nitrogen and oxygen atoms in total. The molecule has 15 heterocycles. The molecule has 15 rings (SSSR count). The first kappa shape index (κ1) is 116. The molecule has 12 aromatic rings. The standard InChI is InChI=1S/C37H47N5O6Si.C31H33N5O6.C26H36ClN3O4Si.C11H13BN2O4.2ClH/c1-23(2)26-22-39-28-19-32(48-35(28)33(26)27-10-11-30(29(20-38)41-27)47-25-12-15-45-16-13-25)34-31(44-7)18-24(21-40-34)36(43)42(6)14-17-46-49(8,9)37(3,4)5;1-18(2)21-17-33-23-14-27(29-26(39-4)13-19(16-34-29)31(38)36(3)9-10-37)42-30(23)28(21)22-5-6-25(24(15-32)35-22)41-20-7-11-40-12-8-20;1-16(2)18-15-28-19-13-21(34-24(19)22(18)27)23-20(32-7)12-17(14-29-23)25(31)30(6)10-11-33-35(8,9)26(3,4)5;13-7-9-10(1-2-11(14-9)12(15)16)18-8-3-5-17-6-4-8;;/h10-11,18-19,21-23,25H,12-17H2,1-9H3;5-6,13-14,16-18,20,37H,7-12H2,1-4H3;12-16H,10-11H2,1-9H3;1-2,8,15-16H,3-6H2;2*1H. The lowest BCUT2D eigenvalue weighted by Crippen LogP contribution is -2.43. The van der Waals surface area contributed by atoms with Crippen LogP contribution in [0.1, 0.15) is 204 Å². The van der Waals surface area contributed by atoms with E-state index in [9.17, 15) is 30.0 Å². The first-order chi connectivity index (χ1) is 68.5. The molecule has 0 radical (unpaired) electrons. The Labute approximate surface area is 871 Å². The summed E-state index contributed by atoms with van der Waals surface area (Å²) < 4.78 is 82.2. The van der Waals surface area contributed by atoms with Gasteiger partial charge in [-0.25, -0.2) is 29.9 Å². The van der Waals surface area contributed by atoms with Crippen LogP contribution in [0.25, 0.3) is 90.2 Å². The fourth-order valence-electron chi connectivity index (χ4n) is 15.5. The highest BCUT2D eigenvalue weighted by Crippen LogP contribution is 2.46. The van der Waals surface area contributed by atoms with Crippen LogP contribution in [0.15, 0.2) is 123 Å². The largest absolute Gasteiger partial charge is 0.508 e. The van der Waals surface area contributed by atoms with Crippen molar-refractivity contribution in [1.82, 2.24) is 59.6 Å². The number of hydrogen-bond donors (Lipinski definition) is 3. The number of furan rings is 3. The van der Waals surface area contributed by atoms with Crippen molar-refractivity contribution < 1.29 is 94.3 Å². The van der Waals surface area contributed by atoms with Crippen LogP contribution in [0.5, 0.6) is 34.5 Å². The molecule has 41 heteroatoms. The molecule has 0 bridgehead atoms. The number of nitriles is 3. The average molecular weight is 2100 g/mol. The summed E-state index contributed by atoms with van der Waals surface area (Å²) in [7, 11) is 4.21. The molecule has 778 valence electrons. The lowest BCUT2D eigenvalue weighted by Gasteiger charge is -2.36. The summed E-state index contributed by atoms with van der Waals surface area (Å²) in [5.74, 6) is 3.50. The van der Waals surface area contributed by atoms with Gasteiger partial charge in [0.2, 0.25) is 0 Å². The number of aliphatic hydroxyl groups excluding tert-OH is 1. The molecule has 12 aromatic heterocycles. The van der Waals surface area contributed by atoms with E-state index in [0.717, 1.165) is 66.3 Å². The SMILES string of the molecule is COc1cc(C(=O)N(C)CCO)cnc1-c1cc2ncc(C(C)C)c(-c3ccc(OC4CCOCC4)c(C#N)n3)c2o1.COc1cc(C(=O)N(C)CCO[Si](C)(C)C(C)(C)C)cnc1-c1cc2ncc(C(C)C)c(-c3ccc(OC4CCOCC4)c(C#N)n3)c2o1.COc1cc(C(=O)N(C)CCO[Si](C)(C)C(C)(C)C)cnc1-c1cc2ncc(C(C)C)c(Cl)c2o1.Cl.Cl.N#Cc1nc(B(O)O)ccc1OC1CCOCC1. The lowest BCUT2D eigenvalue weighted by atomic mass is 9.85. The number of halogens is 3. The number of amides is 3. The third kappa shape index (κ3) is 28.0. The normalized spacial score (nSPS) is 13.7. The molecule has 3 aliphatic rings. The second kappa shape index (κ2) is 51.4. The highest BCUT2D eigenvalue weighted by atomic mass is 35.5. The summed E-state index contributed by atoms with van der Waals surface area (Å²) in [4.78, 5) is 84.5. The Morgan fingerprint density at radius 1 is 0.452 bits per heavy atom. The molecule has 3 aliphatic heterocycles. The van der Waals surface area contributed by atoms with Gasteiger partial charge < -0.3 is 94.6 Å². The summed E-state index contributed by atoms with van der Waals surface area (Å²) in [6.07, 6.45) is 14.5. The van der Waals surface area contributed by atoms with Crippen LogP contribution >= 0.6 is 36.4 Å². The molecule has 0 atom stereocenters. The topological polar surface area (TPSA) is 450 Å². The number of carbonyl (C=O) groups is 3. The maximum absolute atomic E-state index is 13.4. The minimum absolute atomic E-state index is 0. The number of rotatable bonds is 31. The number of carbonyl (C=O) groups excluding carboxylic acids is 3. The maximum atomic E-state index is 13.4. The number of nitrogens with zero attached hydrogens (tertiary/aromatic N) is 15. The summed E-state index contributed by atoms with van der Waals surface area (Å²) in [5.41, 5.74) is 11.7. The number of aromatic nitrogens is 9. The fourth-order valence-corrected chi connectivity index (χ4v) is 17.9. The van der Waals surface area contributed by atoms with E-state index in [-0.39, 0.29) is 125 Å².